The standard InChI is InChI=1S/C22H29N3O5/c1-13-10-14(2)24-22(23-13)30-17-8-6-16(7-9-17)25-21(26)15-11-18(27-3)20(29-5)19(12-15)28-4/h10-12,16-17H,6-9H2,1-5H3,(H,25,26). The molecule has 1 aliphatic rings. The lowest BCUT2D eigenvalue weighted by Crippen LogP contribution is -2.39. The molecule has 1 N–H and O–H groups in total. The Labute approximate surface area is 176 Å². The number of rotatable bonds is 7. The van der Waals surface area contributed by atoms with Gasteiger partial charge in [-0.05, 0) is 57.7 Å². The van der Waals surface area contributed by atoms with Crippen molar-refractivity contribution in [2.24, 2.45) is 0 Å². The Hall–Kier alpha value is -3.03. The Morgan fingerprint density at radius 3 is 1.97 bits per heavy atom. The number of hydrogen-bond acceptors (Lipinski definition) is 7. The topological polar surface area (TPSA) is 91.8 Å². The van der Waals surface area contributed by atoms with Gasteiger partial charge in [0.25, 0.3) is 5.91 Å². The van der Waals surface area contributed by atoms with Crippen molar-refractivity contribution >= 4 is 5.91 Å². The van der Waals surface area contributed by atoms with Gasteiger partial charge in [-0.1, -0.05) is 0 Å². The van der Waals surface area contributed by atoms with Crippen molar-refractivity contribution in [3.05, 3.63) is 35.2 Å². The number of aryl methyl sites for hydroxylation is 2. The number of methoxy groups -OCH3 is 3. The van der Waals surface area contributed by atoms with Crippen molar-refractivity contribution in [3.8, 4) is 23.3 Å². The third kappa shape index (κ3) is 5.11. The molecule has 8 heteroatoms. The molecule has 0 saturated heterocycles. The molecule has 1 fully saturated rings. The number of hydrogen-bond donors (Lipinski definition) is 1. The molecule has 8 nitrogen and oxygen atoms in total. The lowest BCUT2D eigenvalue weighted by molar-refractivity contribution is 0.0884. The third-order valence-corrected chi connectivity index (χ3v) is 5.17. The van der Waals surface area contributed by atoms with E-state index >= 15 is 0 Å². The molecule has 1 aromatic heterocycles. The summed E-state index contributed by atoms with van der Waals surface area (Å²) >= 11 is 0. The first-order valence-corrected chi connectivity index (χ1v) is 10.0. The zero-order valence-corrected chi connectivity index (χ0v) is 18.2. The van der Waals surface area contributed by atoms with E-state index in [9.17, 15) is 4.79 Å². The highest BCUT2D eigenvalue weighted by atomic mass is 16.5. The highest BCUT2D eigenvalue weighted by Gasteiger charge is 2.25. The second-order valence-electron chi connectivity index (χ2n) is 7.41. The third-order valence-electron chi connectivity index (χ3n) is 5.17. The molecule has 0 atom stereocenters. The predicted octanol–water partition coefficient (Wildman–Crippen LogP) is 3.24. The van der Waals surface area contributed by atoms with Crippen LogP contribution in [0.25, 0.3) is 0 Å². The molecule has 1 heterocycles. The molecule has 1 aromatic carbocycles. The van der Waals surface area contributed by atoms with Crippen LogP contribution in [0.2, 0.25) is 0 Å². The summed E-state index contributed by atoms with van der Waals surface area (Å²) in [5.74, 6) is 1.19. The van der Waals surface area contributed by atoms with Crippen molar-refractivity contribution in [2.45, 2.75) is 51.7 Å². The van der Waals surface area contributed by atoms with Crippen molar-refractivity contribution in [1.29, 1.82) is 0 Å². The average molecular weight is 415 g/mol. The van der Waals surface area contributed by atoms with Crippen LogP contribution >= 0.6 is 0 Å². The Bertz CT molecular complexity index is 849. The first-order valence-electron chi connectivity index (χ1n) is 10.0. The van der Waals surface area contributed by atoms with Gasteiger partial charge in [0.15, 0.2) is 11.5 Å². The predicted molar refractivity (Wildman–Crippen MR) is 112 cm³/mol. The van der Waals surface area contributed by atoms with Crippen LogP contribution in [0.3, 0.4) is 0 Å². The minimum atomic E-state index is -0.170. The number of nitrogens with one attached hydrogen (secondary N) is 1. The monoisotopic (exact) mass is 415 g/mol. The molecule has 0 spiro atoms. The fraction of sp³-hybridized carbons (Fsp3) is 0.500. The quantitative estimate of drug-likeness (QED) is 0.742. The van der Waals surface area contributed by atoms with E-state index in [1.54, 1.807) is 12.1 Å². The van der Waals surface area contributed by atoms with E-state index in [-0.39, 0.29) is 18.1 Å². The normalized spacial score (nSPS) is 18.4. The van der Waals surface area contributed by atoms with Gasteiger partial charge in [0.1, 0.15) is 6.10 Å². The SMILES string of the molecule is COc1cc(C(=O)NC2CCC(Oc3nc(C)cc(C)n3)CC2)cc(OC)c1OC. The van der Waals surface area contributed by atoms with Crippen LogP contribution in [0.1, 0.15) is 47.4 Å². The number of carbonyl (C=O) groups excluding carboxylic acids is 1. The van der Waals surface area contributed by atoms with Gasteiger partial charge in [0.05, 0.1) is 21.3 Å². The van der Waals surface area contributed by atoms with Crippen LogP contribution in [0, 0.1) is 13.8 Å². The molecule has 162 valence electrons. The lowest BCUT2D eigenvalue weighted by atomic mass is 9.92. The molecule has 0 unspecified atom stereocenters. The van der Waals surface area contributed by atoms with Crippen LogP contribution < -0.4 is 24.3 Å². The second-order valence-corrected chi connectivity index (χ2v) is 7.41. The van der Waals surface area contributed by atoms with Crippen LogP contribution in [0.4, 0.5) is 0 Å². The van der Waals surface area contributed by atoms with Gasteiger partial charge in [-0.2, -0.15) is 0 Å². The summed E-state index contributed by atoms with van der Waals surface area (Å²) in [7, 11) is 4.59. The molecule has 3 rings (SSSR count). The Morgan fingerprint density at radius 2 is 1.47 bits per heavy atom. The molecule has 1 saturated carbocycles. The maximum absolute atomic E-state index is 12.8. The van der Waals surface area contributed by atoms with E-state index in [1.165, 1.54) is 21.3 Å². The maximum atomic E-state index is 12.8. The number of ether oxygens (including phenoxy) is 4. The van der Waals surface area contributed by atoms with Crippen molar-refractivity contribution in [3.63, 3.8) is 0 Å². The van der Waals surface area contributed by atoms with E-state index in [2.05, 4.69) is 15.3 Å². The van der Waals surface area contributed by atoms with Crippen molar-refractivity contribution in [2.75, 3.05) is 21.3 Å². The molecule has 0 aliphatic heterocycles. The highest BCUT2D eigenvalue weighted by molar-refractivity contribution is 5.95. The number of aromatic nitrogens is 2. The smallest absolute Gasteiger partial charge is 0.317 e. The molecule has 2 aromatic rings. The summed E-state index contributed by atoms with van der Waals surface area (Å²) in [6.45, 7) is 3.86. The van der Waals surface area contributed by atoms with Gasteiger partial charge in [-0.3, -0.25) is 4.79 Å². The summed E-state index contributed by atoms with van der Waals surface area (Å²) in [4.78, 5) is 21.5. The molecule has 30 heavy (non-hydrogen) atoms. The molecule has 1 aliphatic carbocycles. The van der Waals surface area contributed by atoms with E-state index in [4.69, 9.17) is 18.9 Å². The molecular weight excluding hydrogens is 386 g/mol. The Morgan fingerprint density at radius 1 is 0.900 bits per heavy atom. The summed E-state index contributed by atoms with van der Waals surface area (Å²) in [6, 6.07) is 5.74. The van der Waals surface area contributed by atoms with E-state index < -0.39 is 0 Å². The van der Waals surface area contributed by atoms with Gasteiger partial charge in [-0.25, -0.2) is 9.97 Å². The van der Waals surface area contributed by atoms with Gasteiger partial charge >= 0.3 is 6.01 Å². The van der Waals surface area contributed by atoms with E-state index in [0.717, 1.165) is 37.1 Å². The molecule has 0 radical (unpaired) electrons. The maximum Gasteiger partial charge on any atom is 0.317 e. The van der Waals surface area contributed by atoms with Crippen molar-refractivity contribution < 1.29 is 23.7 Å². The fourth-order valence-electron chi connectivity index (χ4n) is 3.70. The van der Waals surface area contributed by atoms with Crippen LogP contribution in [0.5, 0.6) is 23.3 Å². The largest absolute Gasteiger partial charge is 0.493 e. The second kappa shape index (κ2) is 9.65. The lowest BCUT2D eigenvalue weighted by Gasteiger charge is -2.29. The summed E-state index contributed by atoms with van der Waals surface area (Å²) in [6.07, 6.45) is 3.37. The molecule has 1 amide bonds. The summed E-state index contributed by atoms with van der Waals surface area (Å²) in [5.41, 5.74) is 2.25. The highest BCUT2D eigenvalue weighted by Crippen LogP contribution is 2.38. The van der Waals surface area contributed by atoms with Crippen LogP contribution in [0.15, 0.2) is 18.2 Å². The number of benzene rings is 1. The zero-order chi connectivity index (χ0) is 21.7. The first kappa shape index (κ1) is 21.7. The van der Waals surface area contributed by atoms with Crippen molar-refractivity contribution in [1.82, 2.24) is 15.3 Å². The molecular formula is C22H29N3O5. The number of nitrogens with zero attached hydrogens (tertiary/aromatic N) is 2. The Balaban J connectivity index is 1.59. The number of amides is 1. The van der Waals surface area contributed by atoms with E-state index in [0.29, 0.717) is 28.8 Å². The van der Waals surface area contributed by atoms with Crippen LogP contribution in [-0.4, -0.2) is 49.4 Å². The van der Waals surface area contributed by atoms with E-state index in [1.807, 2.05) is 19.9 Å². The average Bonchev–Trinajstić information content (AvgIpc) is 2.73. The van der Waals surface area contributed by atoms with Gasteiger partial charge in [-0.15, -0.1) is 0 Å². The van der Waals surface area contributed by atoms with Crippen LogP contribution in [-0.2, 0) is 0 Å². The number of carbonyl (C=O) groups is 1. The molecule has 0 bridgehead atoms. The minimum Gasteiger partial charge on any atom is -0.493 e. The first-order chi connectivity index (χ1) is 14.4. The Kier molecular flexibility index (Phi) is 6.97. The summed E-state index contributed by atoms with van der Waals surface area (Å²) in [5, 5.41) is 3.10. The van der Waals surface area contributed by atoms with Gasteiger partial charge in [0, 0.05) is 23.0 Å². The fourth-order valence-corrected chi connectivity index (χ4v) is 3.70. The summed E-state index contributed by atoms with van der Waals surface area (Å²) < 4.78 is 21.9. The van der Waals surface area contributed by atoms with Gasteiger partial charge in [0.2, 0.25) is 5.75 Å². The zero-order valence-electron chi connectivity index (χ0n) is 18.2. The van der Waals surface area contributed by atoms with Gasteiger partial charge < -0.3 is 24.3 Å². The minimum absolute atomic E-state index is 0.0560.